The largest absolute Gasteiger partial charge is 0.444 e. The zero-order valence-corrected chi connectivity index (χ0v) is 10.8. The molecule has 7 nitrogen and oxygen atoms in total. The van der Waals surface area contributed by atoms with Crippen molar-refractivity contribution in [1.82, 2.24) is 4.90 Å². The van der Waals surface area contributed by atoms with Crippen molar-refractivity contribution in [2.45, 2.75) is 50.7 Å². The van der Waals surface area contributed by atoms with E-state index in [1.165, 1.54) is 0 Å². The number of carbonyl (C=O) groups excluding carboxylic acids is 1. The molecule has 0 aromatic rings. The number of aliphatic hydroxyl groups is 4. The topological polar surface area (TPSA) is 110 Å². The molecule has 18 heavy (non-hydrogen) atoms. The Hall–Kier alpha value is -0.890. The maximum atomic E-state index is 11.9. The van der Waals surface area contributed by atoms with Gasteiger partial charge in [0.2, 0.25) is 0 Å². The van der Waals surface area contributed by atoms with Gasteiger partial charge in [0.15, 0.2) is 0 Å². The zero-order chi connectivity index (χ0) is 14.1. The number of nitrogens with zero attached hydrogens (tertiary/aromatic N) is 1. The molecule has 0 unspecified atom stereocenters. The summed E-state index contributed by atoms with van der Waals surface area (Å²) in [4.78, 5) is 12.9. The number of carbonyl (C=O) groups is 1. The Morgan fingerprint density at radius 2 is 1.83 bits per heavy atom. The molecule has 0 spiro atoms. The van der Waals surface area contributed by atoms with Gasteiger partial charge in [-0.05, 0) is 20.8 Å². The quantitative estimate of drug-likeness (QED) is 0.467. The molecule has 106 valence electrons. The lowest BCUT2D eigenvalue weighted by Crippen LogP contribution is -2.64. The third-order valence-corrected chi connectivity index (χ3v) is 2.74. The summed E-state index contributed by atoms with van der Waals surface area (Å²) in [5, 5.41) is 37.9. The SMILES string of the molecule is CC(C)(C)OC(=O)N1C[C@H](O)[C@@H](O)[C@H](O)[C@H]1CO. The maximum absolute atomic E-state index is 11.9. The predicted molar refractivity (Wildman–Crippen MR) is 61.8 cm³/mol. The van der Waals surface area contributed by atoms with Crippen molar-refractivity contribution in [3.63, 3.8) is 0 Å². The molecule has 1 heterocycles. The molecule has 7 heteroatoms. The van der Waals surface area contributed by atoms with Crippen LogP contribution in [-0.2, 0) is 4.74 Å². The Morgan fingerprint density at radius 1 is 1.28 bits per heavy atom. The van der Waals surface area contributed by atoms with Crippen LogP contribution >= 0.6 is 0 Å². The van der Waals surface area contributed by atoms with Gasteiger partial charge < -0.3 is 25.2 Å². The molecule has 1 rings (SSSR count). The van der Waals surface area contributed by atoms with Gasteiger partial charge >= 0.3 is 6.09 Å². The number of hydrogen-bond acceptors (Lipinski definition) is 6. The first-order valence-corrected chi connectivity index (χ1v) is 5.82. The highest BCUT2D eigenvalue weighted by molar-refractivity contribution is 5.69. The Labute approximate surface area is 106 Å². The fourth-order valence-electron chi connectivity index (χ4n) is 1.82. The van der Waals surface area contributed by atoms with Crippen molar-refractivity contribution in [3.8, 4) is 0 Å². The number of hydrogen-bond donors (Lipinski definition) is 4. The van der Waals surface area contributed by atoms with E-state index in [-0.39, 0.29) is 6.54 Å². The summed E-state index contributed by atoms with van der Waals surface area (Å²) in [5.74, 6) is 0. The maximum Gasteiger partial charge on any atom is 0.410 e. The van der Waals surface area contributed by atoms with Crippen LogP contribution in [0.15, 0.2) is 0 Å². The van der Waals surface area contributed by atoms with Crippen LogP contribution in [0.25, 0.3) is 0 Å². The highest BCUT2D eigenvalue weighted by Gasteiger charge is 2.44. The second-order valence-corrected chi connectivity index (χ2v) is 5.43. The van der Waals surface area contributed by atoms with E-state index >= 15 is 0 Å². The first-order chi connectivity index (χ1) is 8.17. The molecule has 1 fully saturated rings. The second-order valence-electron chi connectivity index (χ2n) is 5.43. The number of likely N-dealkylation sites (tertiary alicyclic amines) is 1. The van der Waals surface area contributed by atoms with E-state index in [1.807, 2.05) is 0 Å². The molecule has 0 aromatic heterocycles. The smallest absolute Gasteiger partial charge is 0.410 e. The van der Waals surface area contributed by atoms with Crippen LogP contribution in [0.2, 0.25) is 0 Å². The molecular weight excluding hydrogens is 242 g/mol. The van der Waals surface area contributed by atoms with Gasteiger partial charge in [-0.15, -0.1) is 0 Å². The van der Waals surface area contributed by atoms with Crippen molar-refractivity contribution in [1.29, 1.82) is 0 Å². The minimum absolute atomic E-state index is 0.196. The van der Waals surface area contributed by atoms with Crippen LogP contribution < -0.4 is 0 Å². The van der Waals surface area contributed by atoms with E-state index < -0.39 is 42.7 Å². The standard InChI is InChI=1S/C11H21NO6/c1-11(2,3)18-10(17)12-4-7(14)9(16)8(15)6(12)5-13/h6-9,13-16H,4-5H2,1-3H3/t6-,7+,8-,9-/m1/s1. The third kappa shape index (κ3) is 3.32. The van der Waals surface area contributed by atoms with Crippen molar-refractivity contribution in [2.24, 2.45) is 0 Å². The van der Waals surface area contributed by atoms with E-state index in [4.69, 9.17) is 4.74 Å². The molecule has 0 aromatic carbocycles. The van der Waals surface area contributed by atoms with Gasteiger partial charge in [-0.2, -0.15) is 0 Å². The van der Waals surface area contributed by atoms with Gasteiger partial charge in [0.1, 0.15) is 23.9 Å². The highest BCUT2D eigenvalue weighted by atomic mass is 16.6. The van der Waals surface area contributed by atoms with Gasteiger partial charge in [0.05, 0.1) is 19.2 Å². The summed E-state index contributed by atoms with van der Waals surface area (Å²) in [7, 11) is 0. The average molecular weight is 263 g/mol. The molecule has 1 saturated heterocycles. The molecule has 1 aliphatic heterocycles. The minimum atomic E-state index is -1.41. The summed E-state index contributed by atoms with van der Waals surface area (Å²) >= 11 is 0. The van der Waals surface area contributed by atoms with Gasteiger partial charge in [-0.3, -0.25) is 4.90 Å². The van der Waals surface area contributed by atoms with Gasteiger partial charge in [0.25, 0.3) is 0 Å². The molecule has 1 amide bonds. The van der Waals surface area contributed by atoms with Gasteiger partial charge in [0, 0.05) is 0 Å². The molecule has 0 saturated carbocycles. The minimum Gasteiger partial charge on any atom is -0.444 e. The molecule has 4 atom stereocenters. The van der Waals surface area contributed by atoms with Crippen LogP contribution in [0.5, 0.6) is 0 Å². The first-order valence-electron chi connectivity index (χ1n) is 5.82. The van der Waals surface area contributed by atoms with E-state index in [9.17, 15) is 25.2 Å². The summed E-state index contributed by atoms with van der Waals surface area (Å²) in [5.41, 5.74) is -0.719. The lowest BCUT2D eigenvalue weighted by Gasteiger charge is -2.43. The van der Waals surface area contributed by atoms with E-state index in [0.717, 1.165) is 4.90 Å². The van der Waals surface area contributed by atoms with Crippen LogP contribution in [0, 0.1) is 0 Å². The Morgan fingerprint density at radius 3 is 2.28 bits per heavy atom. The molecule has 4 N–H and O–H groups in total. The van der Waals surface area contributed by atoms with Crippen LogP contribution in [0.4, 0.5) is 4.79 Å². The Kier molecular flexibility index (Phi) is 4.55. The monoisotopic (exact) mass is 263 g/mol. The molecule has 0 aliphatic carbocycles. The fourth-order valence-corrected chi connectivity index (χ4v) is 1.82. The summed E-state index contributed by atoms with van der Waals surface area (Å²) in [6.45, 7) is 4.34. The number of β-amino-alcohol motifs (C(OH)–C–C–N with tert-alkyl or cyclic N) is 1. The highest BCUT2D eigenvalue weighted by Crippen LogP contribution is 2.21. The fraction of sp³-hybridized carbons (Fsp3) is 0.909. The number of aliphatic hydroxyl groups excluding tert-OH is 4. The van der Waals surface area contributed by atoms with Crippen molar-refractivity contribution in [3.05, 3.63) is 0 Å². The van der Waals surface area contributed by atoms with Gasteiger partial charge in [-0.1, -0.05) is 0 Å². The summed E-state index contributed by atoms with van der Waals surface area (Å²) in [6.07, 6.45) is -4.81. The molecular formula is C11H21NO6. The van der Waals surface area contributed by atoms with Crippen molar-refractivity contribution in [2.75, 3.05) is 13.2 Å². The van der Waals surface area contributed by atoms with Crippen molar-refractivity contribution >= 4 is 6.09 Å². The van der Waals surface area contributed by atoms with Gasteiger partial charge in [-0.25, -0.2) is 4.79 Å². The van der Waals surface area contributed by atoms with Crippen LogP contribution in [-0.4, -0.2) is 74.5 Å². The van der Waals surface area contributed by atoms with E-state index in [2.05, 4.69) is 0 Å². The van der Waals surface area contributed by atoms with E-state index in [0.29, 0.717) is 0 Å². The molecule has 0 bridgehead atoms. The normalized spacial score (nSPS) is 33.4. The lowest BCUT2D eigenvalue weighted by atomic mass is 9.95. The summed E-state index contributed by atoms with van der Waals surface area (Å²) < 4.78 is 5.11. The Bertz CT molecular complexity index is 302. The third-order valence-electron chi connectivity index (χ3n) is 2.74. The average Bonchev–Trinajstić information content (AvgIpc) is 2.23. The predicted octanol–water partition coefficient (Wildman–Crippen LogP) is -1.32. The first kappa shape index (κ1) is 15.2. The number of piperidine rings is 1. The lowest BCUT2D eigenvalue weighted by molar-refractivity contribution is -0.141. The van der Waals surface area contributed by atoms with E-state index in [1.54, 1.807) is 20.8 Å². The molecule has 1 aliphatic rings. The molecule has 0 radical (unpaired) electrons. The van der Waals surface area contributed by atoms with Crippen molar-refractivity contribution < 1.29 is 30.0 Å². The zero-order valence-electron chi connectivity index (χ0n) is 10.8. The number of rotatable bonds is 1. The number of ether oxygens (including phenoxy) is 1. The van der Waals surface area contributed by atoms with Crippen LogP contribution in [0.1, 0.15) is 20.8 Å². The number of amides is 1. The second kappa shape index (κ2) is 5.40. The van der Waals surface area contributed by atoms with Crippen LogP contribution in [0.3, 0.4) is 0 Å². The summed E-state index contributed by atoms with van der Waals surface area (Å²) in [6, 6.07) is -0.988. The Balaban J connectivity index is 2.82.